The number of para-hydroxylation sites is 1. The van der Waals surface area contributed by atoms with Crippen LogP contribution in [0.15, 0.2) is 54.6 Å². The van der Waals surface area contributed by atoms with Gasteiger partial charge in [-0.25, -0.2) is 0 Å². The molecular formula is C18H21NO2. The third-order valence-electron chi connectivity index (χ3n) is 2.78. The summed E-state index contributed by atoms with van der Waals surface area (Å²) in [6, 6.07) is 17.2. The molecule has 0 unspecified atom stereocenters. The van der Waals surface area contributed by atoms with Crippen LogP contribution >= 0.6 is 0 Å². The Balaban J connectivity index is 1.95. The van der Waals surface area contributed by atoms with Gasteiger partial charge in [-0.05, 0) is 50.6 Å². The molecule has 0 heterocycles. The average Bonchev–Trinajstić information content (AvgIpc) is 2.40. The van der Waals surface area contributed by atoms with Crippen LogP contribution in [-0.4, -0.2) is 11.4 Å². The molecule has 2 aromatic rings. The molecule has 0 bridgehead atoms. The number of hydrogen-bond donors (Lipinski definition) is 1. The molecule has 2 aromatic carbocycles. The average molecular weight is 283 g/mol. The molecule has 1 amide bonds. The second kappa shape index (κ2) is 6.44. The van der Waals surface area contributed by atoms with Gasteiger partial charge in [-0.1, -0.05) is 30.3 Å². The van der Waals surface area contributed by atoms with Gasteiger partial charge >= 0.3 is 0 Å². The van der Waals surface area contributed by atoms with Crippen LogP contribution < -0.4 is 10.1 Å². The number of rotatable bonds is 4. The highest BCUT2D eigenvalue weighted by atomic mass is 16.5. The van der Waals surface area contributed by atoms with Crippen molar-refractivity contribution >= 4 is 5.91 Å². The Bertz CT molecular complexity index is 583. The van der Waals surface area contributed by atoms with E-state index in [1.54, 1.807) is 0 Å². The Morgan fingerprint density at radius 3 is 2.10 bits per heavy atom. The second-order valence-corrected chi connectivity index (χ2v) is 6.03. The van der Waals surface area contributed by atoms with E-state index in [1.807, 2.05) is 75.4 Å². The molecule has 0 aliphatic carbocycles. The van der Waals surface area contributed by atoms with Crippen LogP contribution in [-0.2, 0) is 11.2 Å². The summed E-state index contributed by atoms with van der Waals surface area (Å²) in [5.41, 5.74) is 0.769. The molecule has 0 radical (unpaired) electrons. The van der Waals surface area contributed by atoms with Crippen LogP contribution in [0.25, 0.3) is 0 Å². The molecule has 3 nitrogen and oxygen atoms in total. The van der Waals surface area contributed by atoms with Crippen molar-refractivity contribution in [2.24, 2.45) is 0 Å². The third kappa shape index (κ3) is 5.30. The maximum atomic E-state index is 11.9. The molecule has 2 rings (SSSR count). The minimum atomic E-state index is -0.201. The van der Waals surface area contributed by atoms with E-state index in [2.05, 4.69) is 5.32 Å². The van der Waals surface area contributed by atoms with Crippen molar-refractivity contribution in [2.45, 2.75) is 32.7 Å². The Kier molecular flexibility index (Phi) is 4.63. The molecule has 0 fully saturated rings. The van der Waals surface area contributed by atoms with Crippen LogP contribution in [0, 0.1) is 0 Å². The number of nitrogens with one attached hydrogen (secondary N) is 1. The highest BCUT2D eigenvalue weighted by Crippen LogP contribution is 2.21. The maximum Gasteiger partial charge on any atom is 0.224 e. The summed E-state index contributed by atoms with van der Waals surface area (Å²) in [5.74, 6) is 1.59. The van der Waals surface area contributed by atoms with Gasteiger partial charge < -0.3 is 10.1 Å². The van der Waals surface area contributed by atoms with Crippen molar-refractivity contribution in [1.82, 2.24) is 5.32 Å². The molecule has 3 heteroatoms. The fourth-order valence-corrected chi connectivity index (χ4v) is 1.95. The number of carbonyl (C=O) groups excluding carboxylic acids is 1. The lowest BCUT2D eigenvalue weighted by Gasteiger charge is -2.20. The first kappa shape index (κ1) is 15.1. The Labute approximate surface area is 126 Å². The first-order valence-corrected chi connectivity index (χ1v) is 7.05. The minimum absolute atomic E-state index is 0.0271. The van der Waals surface area contributed by atoms with Gasteiger partial charge in [-0.15, -0.1) is 0 Å². The Morgan fingerprint density at radius 1 is 0.952 bits per heavy atom. The summed E-state index contributed by atoms with van der Waals surface area (Å²) in [5, 5.41) is 2.95. The Morgan fingerprint density at radius 2 is 1.52 bits per heavy atom. The second-order valence-electron chi connectivity index (χ2n) is 6.03. The largest absolute Gasteiger partial charge is 0.457 e. The van der Waals surface area contributed by atoms with Crippen molar-refractivity contribution in [1.29, 1.82) is 0 Å². The van der Waals surface area contributed by atoms with E-state index in [0.29, 0.717) is 6.42 Å². The van der Waals surface area contributed by atoms with Crippen LogP contribution in [0.5, 0.6) is 11.5 Å². The van der Waals surface area contributed by atoms with E-state index in [9.17, 15) is 4.79 Å². The molecule has 0 saturated heterocycles. The Hall–Kier alpha value is -2.29. The van der Waals surface area contributed by atoms with Gasteiger partial charge in [0.2, 0.25) is 5.91 Å². The smallest absolute Gasteiger partial charge is 0.224 e. The third-order valence-corrected chi connectivity index (χ3v) is 2.78. The number of benzene rings is 2. The molecule has 1 N–H and O–H groups in total. The zero-order chi connectivity index (χ0) is 15.3. The molecule has 0 saturated carbocycles. The highest BCUT2D eigenvalue weighted by molar-refractivity contribution is 5.79. The normalized spacial score (nSPS) is 11.0. The quantitative estimate of drug-likeness (QED) is 0.923. The first-order chi connectivity index (χ1) is 9.92. The van der Waals surface area contributed by atoms with Gasteiger partial charge in [0.1, 0.15) is 11.5 Å². The van der Waals surface area contributed by atoms with Crippen molar-refractivity contribution in [3.63, 3.8) is 0 Å². The summed E-state index contributed by atoms with van der Waals surface area (Å²) < 4.78 is 5.72. The molecule has 0 aliphatic rings. The number of hydrogen-bond acceptors (Lipinski definition) is 2. The first-order valence-electron chi connectivity index (χ1n) is 7.05. The maximum absolute atomic E-state index is 11.9. The highest BCUT2D eigenvalue weighted by Gasteiger charge is 2.13. The molecule has 0 aliphatic heterocycles. The lowest BCUT2D eigenvalue weighted by molar-refractivity contribution is -0.121. The van der Waals surface area contributed by atoms with E-state index in [1.165, 1.54) is 0 Å². The van der Waals surface area contributed by atoms with Crippen LogP contribution in [0.2, 0.25) is 0 Å². The van der Waals surface area contributed by atoms with E-state index < -0.39 is 0 Å². The molecule has 0 atom stereocenters. The molecule has 21 heavy (non-hydrogen) atoms. The van der Waals surface area contributed by atoms with E-state index >= 15 is 0 Å². The zero-order valence-electron chi connectivity index (χ0n) is 12.7. The molecule has 110 valence electrons. The number of ether oxygens (including phenoxy) is 1. The van der Waals surface area contributed by atoms with Crippen molar-refractivity contribution in [3.8, 4) is 11.5 Å². The summed E-state index contributed by atoms with van der Waals surface area (Å²) >= 11 is 0. The fraction of sp³-hybridized carbons (Fsp3) is 0.278. The molecule has 0 aromatic heterocycles. The zero-order valence-corrected chi connectivity index (χ0v) is 12.7. The standard InChI is InChI=1S/C18H21NO2/c1-18(2,3)19-17(20)13-14-9-11-16(12-10-14)21-15-7-5-4-6-8-15/h4-12H,13H2,1-3H3,(H,19,20). The van der Waals surface area contributed by atoms with E-state index in [-0.39, 0.29) is 11.4 Å². The topological polar surface area (TPSA) is 38.3 Å². The SMILES string of the molecule is CC(C)(C)NC(=O)Cc1ccc(Oc2ccccc2)cc1. The van der Waals surface area contributed by atoms with E-state index in [4.69, 9.17) is 4.74 Å². The van der Waals surface area contributed by atoms with E-state index in [0.717, 1.165) is 17.1 Å². The number of carbonyl (C=O) groups is 1. The van der Waals surface area contributed by atoms with Gasteiger partial charge in [0.05, 0.1) is 6.42 Å². The number of amides is 1. The molecule has 0 spiro atoms. The van der Waals surface area contributed by atoms with Gasteiger partial charge in [0.25, 0.3) is 0 Å². The van der Waals surface area contributed by atoms with Crippen molar-refractivity contribution in [2.75, 3.05) is 0 Å². The van der Waals surface area contributed by atoms with Gasteiger partial charge in [0, 0.05) is 5.54 Å². The predicted molar refractivity (Wildman–Crippen MR) is 84.6 cm³/mol. The van der Waals surface area contributed by atoms with Gasteiger partial charge in [-0.2, -0.15) is 0 Å². The predicted octanol–water partition coefficient (Wildman–Crippen LogP) is 3.94. The van der Waals surface area contributed by atoms with Gasteiger partial charge in [0.15, 0.2) is 0 Å². The summed E-state index contributed by atoms with van der Waals surface area (Å²) in [6.45, 7) is 5.92. The summed E-state index contributed by atoms with van der Waals surface area (Å²) in [6.07, 6.45) is 0.378. The van der Waals surface area contributed by atoms with Crippen LogP contribution in [0.3, 0.4) is 0 Å². The van der Waals surface area contributed by atoms with Crippen molar-refractivity contribution in [3.05, 3.63) is 60.2 Å². The van der Waals surface area contributed by atoms with Gasteiger partial charge in [-0.3, -0.25) is 4.79 Å². The lowest BCUT2D eigenvalue weighted by Crippen LogP contribution is -2.41. The minimum Gasteiger partial charge on any atom is -0.457 e. The lowest BCUT2D eigenvalue weighted by atomic mass is 10.1. The monoisotopic (exact) mass is 283 g/mol. The molecular weight excluding hydrogens is 262 g/mol. The van der Waals surface area contributed by atoms with Crippen molar-refractivity contribution < 1.29 is 9.53 Å². The van der Waals surface area contributed by atoms with Crippen LogP contribution in [0.1, 0.15) is 26.3 Å². The summed E-state index contributed by atoms with van der Waals surface area (Å²) in [7, 11) is 0. The summed E-state index contributed by atoms with van der Waals surface area (Å²) in [4.78, 5) is 11.9. The van der Waals surface area contributed by atoms with Crippen LogP contribution in [0.4, 0.5) is 0 Å². The fourth-order valence-electron chi connectivity index (χ4n) is 1.95.